The summed E-state index contributed by atoms with van der Waals surface area (Å²) >= 11 is 0. The number of likely N-dealkylation sites (N-methyl/N-ethyl adjacent to an activating group) is 1. The lowest BCUT2D eigenvalue weighted by atomic mass is 9.87. The zero-order chi connectivity index (χ0) is 33.5. The van der Waals surface area contributed by atoms with E-state index in [0.29, 0.717) is 6.54 Å². The molecule has 0 radical (unpaired) electrons. The van der Waals surface area contributed by atoms with E-state index in [4.69, 9.17) is 4.98 Å². The third kappa shape index (κ3) is 8.70. The second kappa shape index (κ2) is 15.8. The van der Waals surface area contributed by atoms with Crippen molar-refractivity contribution in [3.63, 3.8) is 0 Å². The summed E-state index contributed by atoms with van der Waals surface area (Å²) in [5.74, 6) is 2.75. The maximum Gasteiger partial charge on any atom is 0.253 e. The van der Waals surface area contributed by atoms with Crippen LogP contribution in [-0.4, -0.2) is 84.7 Å². The summed E-state index contributed by atoms with van der Waals surface area (Å²) in [6.45, 7) is 13.6. The average molecular weight is 639 g/mol. The van der Waals surface area contributed by atoms with Gasteiger partial charge in [0.25, 0.3) is 5.56 Å². The quantitative estimate of drug-likeness (QED) is 0.201. The normalized spacial score (nSPS) is 18.6. The maximum atomic E-state index is 12.5. The van der Waals surface area contributed by atoms with Crippen molar-refractivity contribution in [2.45, 2.75) is 66.0 Å². The minimum absolute atomic E-state index is 0.0641. The highest BCUT2D eigenvalue weighted by molar-refractivity contribution is 6.03. The molecule has 1 aliphatic heterocycles. The molecular weight excluding hydrogens is 584 g/mol. The minimum Gasteiger partial charge on any atom is -0.385 e. The second-order valence-corrected chi connectivity index (χ2v) is 13.7. The third-order valence-electron chi connectivity index (χ3n) is 9.80. The van der Waals surface area contributed by atoms with Gasteiger partial charge in [-0.15, -0.1) is 0 Å². The molecule has 9 heteroatoms. The Morgan fingerprint density at radius 1 is 0.915 bits per heavy atom. The van der Waals surface area contributed by atoms with Crippen molar-refractivity contribution in [1.82, 2.24) is 24.8 Å². The molecule has 1 saturated carbocycles. The number of anilines is 3. The molecule has 3 N–H and O–H groups in total. The number of aryl methyl sites for hydroxylation is 2. The van der Waals surface area contributed by atoms with Crippen LogP contribution in [0.3, 0.4) is 0 Å². The van der Waals surface area contributed by atoms with Crippen molar-refractivity contribution in [2.24, 2.45) is 5.92 Å². The van der Waals surface area contributed by atoms with Crippen molar-refractivity contribution < 1.29 is 0 Å². The lowest BCUT2D eigenvalue weighted by Gasteiger charge is -2.33. The Kier molecular flexibility index (Phi) is 11.5. The molecule has 3 aromatic heterocycles. The minimum atomic E-state index is -0.0641. The highest BCUT2D eigenvalue weighted by atomic mass is 16.1. The fourth-order valence-corrected chi connectivity index (χ4v) is 6.74. The van der Waals surface area contributed by atoms with E-state index in [1.807, 2.05) is 38.4 Å². The fraction of sp³-hybridized carbons (Fsp3) is 0.500. The van der Waals surface area contributed by atoms with Gasteiger partial charge in [0.1, 0.15) is 11.6 Å². The SMILES string of the molecule is CC1CCC(N(C)C)CC1.CCNc1cc(-c2ccc(N3CCN(C)CC3)nc2)cc2c(NCc3c(C)cc(C)[nH]c3=O)nccc12. The first-order valence-corrected chi connectivity index (χ1v) is 17.3. The average Bonchev–Trinajstić information content (AvgIpc) is 3.05. The Labute approximate surface area is 280 Å². The molecule has 0 unspecified atom stereocenters. The smallest absolute Gasteiger partial charge is 0.253 e. The first-order valence-electron chi connectivity index (χ1n) is 17.3. The van der Waals surface area contributed by atoms with Gasteiger partial charge in [0.15, 0.2) is 0 Å². The molecule has 0 bridgehead atoms. The Morgan fingerprint density at radius 2 is 1.66 bits per heavy atom. The highest BCUT2D eigenvalue weighted by Crippen LogP contribution is 2.34. The molecule has 0 atom stereocenters. The Balaban J connectivity index is 0.000000371. The van der Waals surface area contributed by atoms with E-state index in [9.17, 15) is 4.79 Å². The number of nitrogens with one attached hydrogen (secondary N) is 3. The fourth-order valence-electron chi connectivity index (χ4n) is 6.74. The van der Waals surface area contributed by atoms with Crippen LogP contribution in [0.2, 0.25) is 0 Å². The van der Waals surface area contributed by atoms with Crippen LogP contribution in [0.4, 0.5) is 17.3 Å². The molecular formula is C38H54N8O. The lowest BCUT2D eigenvalue weighted by molar-refractivity contribution is 0.200. The molecule has 47 heavy (non-hydrogen) atoms. The maximum absolute atomic E-state index is 12.5. The molecule has 0 spiro atoms. The van der Waals surface area contributed by atoms with Crippen molar-refractivity contribution in [3.8, 4) is 11.1 Å². The third-order valence-corrected chi connectivity index (χ3v) is 9.80. The van der Waals surface area contributed by atoms with Gasteiger partial charge in [-0.2, -0.15) is 0 Å². The van der Waals surface area contributed by atoms with E-state index in [2.05, 4.69) is 94.6 Å². The number of hydrogen-bond donors (Lipinski definition) is 3. The van der Waals surface area contributed by atoms with Crippen LogP contribution in [0.15, 0.2) is 53.6 Å². The molecule has 252 valence electrons. The van der Waals surface area contributed by atoms with Gasteiger partial charge in [-0.1, -0.05) is 6.92 Å². The number of aromatic amines is 1. The Hall–Kier alpha value is -3.95. The molecule has 9 nitrogen and oxygen atoms in total. The molecule has 2 fully saturated rings. The largest absolute Gasteiger partial charge is 0.385 e. The molecule has 0 amide bonds. The van der Waals surface area contributed by atoms with Gasteiger partial charge in [-0.3, -0.25) is 4.79 Å². The number of pyridine rings is 3. The number of rotatable bonds is 8. The first-order chi connectivity index (χ1) is 22.6. The van der Waals surface area contributed by atoms with Crippen LogP contribution < -0.4 is 21.1 Å². The number of benzene rings is 1. The van der Waals surface area contributed by atoms with E-state index < -0.39 is 0 Å². The second-order valence-electron chi connectivity index (χ2n) is 13.7. The van der Waals surface area contributed by atoms with Crippen molar-refractivity contribution in [2.75, 3.05) is 69.4 Å². The number of aromatic nitrogens is 3. The molecule has 4 aromatic rings. The standard InChI is InChI=1S/C29H35N7O.C9H19N/c1-5-30-26-16-22(21-6-7-27(32-17-21)36-12-10-35(4)11-13-36)15-24-23(26)8-9-31-28(24)33-18-25-19(2)14-20(3)34-29(25)37;1-8-4-6-9(7-5-8)10(2)3/h6-9,14-17,30H,5,10-13,18H2,1-4H3,(H,31,33)(H,34,37);8-9H,4-7H2,1-3H3. The van der Waals surface area contributed by atoms with E-state index in [1.165, 1.54) is 25.7 Å². The number of nitrogens with zero attached hydrogens (tertiary/aromatic N) is 5. The zero-order valence-electron chi connectivity index (χ0n) is 29.5. The first kappa shape index (κ1) is 34.4. The molecule has 1 aliphatic carbocycles. The van der Waals surface area contributed by atoms with Crippen molar-refractivity contribution in [3.05, 3.63) is 76.0 Å². The zero-order valence-corrected chi connectivity index (χ0v) is 29.5. The Morgan fingerprint density at radius 3 is 2.30 bits per heavy atom. The van der Waals surface area contributed by atoms with Gasteiger partial charge >= 0.3 is 0 Å². The predicted molar refractivity (Wildman–Crippen MR) is 198 cm³/mol. The van der Waals surface area contributed by atoms with Gasteiger partial charge in [-0.05, 0) is 121 Å². The van der Waals surface area contributed by atoms with E-state index in [1.54, 1.807) is 0 Å². The summed E-state index contributed by atoms with van der Waals surface area (Å²) in [6.07, 6.45) is 9.46. The lowest BCUT2D eigenvalue weighted by Crippen LogP contribution is -2.44. The van der Waals surface area contributed by atoms with Crippen LogP contribution in [-0.2, 0) is 6.54 Å². The summed E-state index contributed by atoms with van der Waals surface area (Å²) in [4.78, 5) is 31.9. The van der Waals surface area contributed by atoms with Crippen LogP contribution in [0.1, 0.15) is 56.4 Å². The molecule has 1 aromatic carbocycles. The van der Waals surface area contributed by atoms with Gasteiger partial charge in [-0.25, -0.2) is 9.97 Å². The van der Waals surface area contributed by atoms with E-state index >= 15 is 0 Å². The van der Waals surface area contributed by atoms with Gasteiger partial charge < -0.3 is 30.3 Å². The van der Waals surface area contributed by atoms with Crippen LogP contribution >= 0.6 is 0 Å². The van der Waals surface area contributed by atoms with Gasteiger partial charge in [0.05, 0.1) is 0 Å². The van der Waals surface area contributed by atoms with Crippen molar-refractivity contribution >= 4 is 28.1 Å². The van der Waals surface area contributed by atoms with Crippen LogP contribution in [0, 0.1) is 19.8 Å². The van der Waals surface area contributed by atoms with Gasteiger partial charge in [0.2, 0.25) is 0 Å². The summed E-state index contributed by atoms with van der Waals surface area (Å²) in [5.41, 5.74) is 5.66. The highest BCUT2D eigenvalue weighted by Gasteiger charge is 2.19. The van der Waals surface area contributed by atoms with E-state index in [-0.39, 0.29) is 5.56 Å². The number of H-pyrrole nitrogens is 1. The molecule has 6 rings (SSSR count). The summed E-state index contributed by atoms with van der Waals surface area (Å²) < 4.78 is 0. The predicted octanol–water partition coefficient (Wildman–Crippen LogP) is 6.52. The topological polar surface area (TPSA) is 92.4 Å². The summed E-state index contributed by atoms with van der Waals surface area (Å²) in [7, 11) is 6.55. The number of piperazine rings is 1. The summed E-state index contributed by atoms with van der Waals surface area (Å²) in [6, 6.07) is 13.5. The van der Waals surface area contributed by atoms with Crippen LogP contribution in [0.25, 0.3) is 21.9 Å². The van der Waals surface area contributed by atoms with Crippen LogP contribution in [0.5, 0.6) is 0 Å². The van der Waals surface area contributed by atoms with E-state index in [0.717, 1.165) is 101 Å². The summed E-state index contributed by atoms with van der Waals surface area (Å²) in [5, 5.41) is 9.02. The monoisotopic (exact) mass is 638 g/mol. The number of hydrogen-bond acceptors (Lipinski definition) is 8. The molecule has 4 heterocycles. The number of fused-ring (bicyclic) bond motifs is 1. The Bertz CT molecular complexity index is 1670. The van der Waals surface area contributed by atoms with Crippen molar-refractivity contribution in [1.29, 1.82) is 0 Å². The van der Waals surface area contributed by atoms with Gasteiger partial charge in [0, 0.05) is 91.0 Å². The molecule has 1 saturated heterocycles. The molecule has 2 aliphatic rings.